The van der Waals surface area contributed by atoms with Crippen molar-refractivity contribution < 1.29 is 9.47 Å². The molecule has 1 aromatic heterocycles. The van der Waals surface area contributed by atoms with Crippen LogP contribution >= 0.6 is 11.6 Å². The van der Waals surface area contributed by atoms with Crippen LogP contribution in [0.4, 0.5) is 5.69 Å². The van der Waals surface area contributed by atoms with Crippen LogP contribution in [0.3, 0.4) is 0 Å². The van der Waals surface area contributed by atoms with Crippen molar-refractivity contribution in [1.29, 1.82) is 0 Å². The van der Waals surface area contributed by atoms with Crippen molar-refractivity contribution in [2.45, 2.75) is 31.5 Å². The molecule has 2 fully saturated rings. The maximum atomic E-state index is 6.26. The molecule has 0 radical (unpaired) electrons. The summed E-state index contributed by atoms with van der Waals surface area (Å²) in [6, 6.07) is 1.98. The van der Waals surface area contributed by atoms with E-state index in [1.807, 2.05) is 6.07 Å². The van der Waals surface area contributed by atoms with Crippen molar-refractivity contribution in [3.8, 4) is 0 Å². The van der Waals surface area contributed by atoms with Crippen molar-refractivity contribution in [3.05, 3.63) is 23.5 Å². The van der Waals surface area contributed by atoms with E-state index in [0.717, 1.165) is 44.8 Å². The molecule has 4 nitrogen and oxygen atoms in total. The number of hydrogen-bond acceptors (Lipinski definition) is 4. The lowest BCUT2D eigenvalue weighted by molar-refractivity contribution is -0.145. The zero-order chi connectivity index (χ0) is 13.3. The van der Waals surface area contributed by atoms with E-state index < -0.39 is 0 Å². The molecule has 0 aromatic carbocycles. The Bertz CT molecular complexity index is 449. The number of morpholine rings is 1. The average Bonchev–Trinajstić information content (AvgIpc) is 2.39. The van der Waals surface area contributed by atoms with Gasteiger partial charge in [0, 0.05) is 51.5 Å². The van der Waals surface area contributed by atoms with E-state index in [0.29, 0.717) is 5.02 Å². The molecular weight excluding hydrogens is 264 g/mol. The highest BCUT2D eigenvalue weighted by Crippen LogP contribution is 2.35. The summed E-state index contributed by atoms with van der Waals surface area (Å²) in [5.41, 5.74) is 0.973. The Morgan fingerprint density at radius 1 is 1.42 bits per heavy atom. The summed E-state index contributed by atoms with van der Waals surface area (Å²) in [6.07, 6.45) is 5.61. The Morgan fingerprint density at radius 3 is 2.95 bits per heavy atom. The van der Waals surface area contributed by atoms with E-state index >= 15 is 0 Å². The molecule has 5 heteroatoms. The van der Waals surface area contributed by atoms with E-state index in [2.05, 4.69) is 16.8 Å². The quantitative estimate of drug-likeness (QED) is 0.793. The minimum atomic E-state index is -0.0808. The third-order valence-electron chi connectivity index (χ3n) is 3.90. The first-order valence-electron chi connectivity index (χ1n) is 6.79. The smallest absolute Gasteiger partial charge is 0.0904 e. The normalized spacial score (nSPS) is 26.6. The lowest BCUT2D eigenvalue weighted by Crippen LogP contribution is -2.57. The minimum Gasteiger partial charge on any atom is -0.381 e. The van der Waals surface area contributed by atoms with E-state index in [9.17, 15) is 0 Å². The lowest BCUT2D eigenvalue weighted by Gasteiger charge is -2.48. The monoisotopic (exact) mass is 282 g/mol. The van der Waals surface area contributed by atoms with Crippen LogP contribution in [0.2, 0.25) is 5.02 Å². The summed E-state index contributed by atoms with van der Waals surface area (Å²) in [6.45, 7) is 5.44. The van der Waals surface area contributed by atoms with Crippen LogP contribution in [0.25, 0.3) is 0 Å². The second-order valence-electron chi connectivity index (χ2n) is 5.43. The highest BCUT2D eigenvalue weighted by atomic mass is 35.5. The molecule has 3 rings (SSSR count). The molecule has 0 saturated carbocycles. The van der Waals surface area contributed by atoms with Gasteiger partial charge >= 0.3 is 0 Å². The summed E-state index contributed by atoms with van der Waals surface area (Å²) in [7, 11) is 0. The van der Waals surface area contributed by atoms with Gasteiger partial charge < -0.3 is 14.4 Å². The summed E-state index contributed by atoms with van der Waals surface area (Å²) in [5, 5.41) is 0.707. The summed E-state index contributed by atoms with van der Waals surface area (Å²) in [5.74, 6) is 0. The molecule has 0 N–H and O–H groups in total. The SMILES string of the molecule is C[C@H]1CN(c2ccncc2Cl)CC2(CCOCC2)O1. The molecule has 104 valence electrons. The fraction of sp³-hybridized carbons (Fsp3) is 0.643. The van der Waals surface area contributed by atoms with Crippen LogP contribution in [-0.2, 0) is 9.47 Å². The Kier molecular flexibility index (Phi) is 3.65. The fourth-order valence-electron chi connectivity index (χ4n) is 3.05. The van der Waals surface area contributed by atoms with E-state index in [-0.39, 0.29) is 11.7 Å². The molecule has 0 amide bonds. The molecular formula is C14H19ClN2O2. The third-order valence-corrected chi connectivity index (χ3v) is 4.19. The summed E-state index contributed by atoms with van der Waals surface area (Å²) in [4.78, 5) is 6.38. The van der Waals surface area contributed by atoms with Gasteiger partial charge in [0.15, 0.2) is 0 Å². The number of nitrogens with zero attached hydrogens (tertiary/aromatic N) is 2. The van der Waals surface area contributed by atoms with Gasteiger partial charge in [0.25, 0.3) is 0 Å². The number of pyridine rings is 1. The van der Waals surface area contributed by atoms with Gasteiger partial charge in [0.1, 0.15) is 0 Å². The highest BCUT2D eigenvalue weighted by molar-refractivity contribution is 6.33. The standard InChI is InChI=1S/C14H19ClN2O2/c1-11-9-17(13-2-5-16-8-12(13)15)10-14(19-11)3-6-18-7-4-14/h2,5,8,11H,3-4,6-7,9-10H2,1H3/t11-/m0/s1. The zero-order valence-corrected chi connectivity index (χ0v) is 11.9. The number of hydrogen-bond donors (Lipinski definition) is 0. The average molecular weight is 283 g/mol. The molecule has 1 aromatic rings. The maximum absolute atomic E-state index is 6.26. The molecule has 0 unspecified atom stereocenters. The minimum absolute atomic E-state index is 0.0808. The van der Waals surface area contributed by atoms with Crippen LogP contribution in [0.1, 0.15) is 19.8 Å². The first kappa shape index (κ1) is 13.2. The molecule has 3 heterocycles. The van der Waals surface area contributed by atoms with Gasteiger partial charge in [-0.15, -0.1) is 0 Å². The summed E-state index contributed by atoms with van der Waals surface area (Å²) < 4.78 is 11.7. The van der Waals surface area contributed by atoms with Crippen LogP contribution in [-0.4, -0.2) is 43.0 Å². The van der Waals surface area contributed by atoms with Crippen molar-refractivity contribution in [3.63, 3.8) is 0 Å². The van der Waals surface area contributed by atoms with Crippen LogP contribution < -0.4 is 4.90 Å². The molecule has 2 aliphatic heterocycles. The maximum Gasteiger partial charge on any atom is 0.0904 e. The van der Waals surface area contributed by atoms with Gasteiger partial charge in [-0.1, -0.05) is 11.6 Å². The van der Waals surface area contributed by atoms with Crippen LogP contribution in [0.5, 0.6) is 0 Å². The van der Waals surface area contributed by atoms with E-state index in [4.69, 9.17) is 21.1 Å². The Hall–Kier alpha value is -0.840. The van der Waals surface area contributed by atoms with Crippen molar-refractivity contribution in [2.24, 2.45) is 0 Å². The second kappa shape index (κ2) is 5.27. The Morgan fingerprint density at radius 2 is 2.21 bits per heavy atom. The van der Waals surface area contributed by atoms with Gasteiger partial charge in [-0.05, 0) is 13.0 Å². The fourth-order valence-corrected chi connectivity index (χ4v) is 3.29. The molecule has 0 aliphatic carbocycles. The molecule has 0 bridgehead atoms. The molecule has 2 aliphatic rings. The zero-order valence-electron chi connectivity index (χ0n) is 11.1. The molecule has 19 heavy (non-hydrogen) atoms. The Balaban J connectivity index is 1.84. The lowest BCUT2D eigenvalue weighted by atomic mass is 9.91. The largest absolute Gasteiger partial charge is 0.381 e. The predicted octanol–water partition coefficient (Wildman–Crippen LogP) is 2.51. The highest BCUT2D eigenvalue weighted by Gasteiger charge is 2.41. The number of aromatic nitrogens is 1. The summed E-state index contributed by atoms with van der Waals surface area (Å²) >= 11 is 6.26. The molecule has 1 spiro atoms. The van der Waals surface area contributed by atoms with Gasteiger partial charge in [-0.2, -0.15) is 0 Å². The van der Waals surface area contributed by atoms with E-state index in [1.165, 1.54) is 0 Å². The van der Waals surface area contributed by atoms with Gasteiger partial charge in [-0.3, -0.25) is 4.98 Å². The molecule has 2 saturated heterocycles. The Labute approximate surface area is 118 Å². The van der Waals surface area contributed by atoms with Crippen molar-refractivity contribution in [1.82, 2.24) is 4.98 Å². The third kappa shape index (κ3) is 2.71. The van der Waals surface area contributed by atoms with Crippen LogP contribution in [0, 0.1) is 0 Å². The number of rotatable bonds is 1. The number of halogens is 1. The number of ether oxygens (including phenoxy) is 2. The second-order valence-corrected chi connectivity index (χ2v) is 5.84. The molecule has 1 atom stereocenters. The first-order valence-corrected chi connectivity index (χ1v) is 7.16. The van der Waals surface area contributed by atoms with Crippen LogP contribution in [0.15, 0.2) is 18.5 Å². The van der Waals surface area contributed by atoms with Gasteiger partial charge in [-0.25, -0.2) is 0 Å². The van der Waals surface area contributed by atoms with Crippen molar-refractivity contribution in [2.75, 3.05) is 31.2 Å². The van der Waals surface area contributed by atoms with Gasteiger partial charge in [0.05, 0.1) is 22.4 Å². The van der Waals surface area contributed by atoms with Crippen molar-refractivity contribution >= 4 is 17.3 Å². The predicted molar refractivity (Wildman–Crippen MR) is 74.8 cm³/mol. The van der Waals surface area contributed by atoms with E-state index in [1.54, 1.807) is 12.4 Å². The topological polar surface area (TPSA) is 34.6 Å². The number of anilines is 1. The van der Waals surface area contributed by atoms with Gasteiger partial charge in [0.2, 0.25) is 0 Å². The first-order chi connectivity index (χ1) is 9.19.